The molecule has 2 aromatic rings. The molecule has 1 N–H and O–H groups in total. The van der Waals surface area contributed by atoms with Gasteiger partial charge in [-0.15, -0.1) is 0 Å². The van der Waals surface area contributed by atoms with E-state index in [0.717, 1.165) is 24.2 Å². The molecule has 2 nitrogen and oxygen atoms in total. The van der Waals surface area contributed by atoms with Crippen LogP contribution in [-0.2, 0) is 12.8 Å². The van der Waals surface area contributed by atoms with E-state index in [9.17, 15) is 4.39 Å². The molecule has 106 valence electrons. The first kappa shape index (κ1) is 14.9. The van der Waals surface area contributed by atoms with E-state index in [1.54, 1.807) is 12.3 Å². The minimum atomic E-state index is -0.252. The molecule has 2 rings (SSSR count). The number of hydrogen-bond acceptors (Lipinski definition) is 2. The largest absolute Gasteiger partial charge is 0.314 e. The molecule has 0 amide bonds. The molecule has 4 heteroatoms. The van der Waals surface area contributed by atoms with Crippen LogP contribution >= 0.6 is 11.6 Å². The van der Waals surface area contributed by atoms with E-state index < -0.39 is 0 Å². The number of pyridine rings is 1. The Balaban J connectivity index is 2.11. The molecular formula is C16H18ClFN2. The van der Waals surface area contributed by atoms with Crippen LogP contribution in [-0.4, -0.2) is 17.6 Å². The number of hydrogen-bond donors (Lipinski definition) is 1. The molecule has 0 saturated carbocycles. The van der Waals surface area contributed by atoms with Crippen LogP contribution in [0.15, 0.2) is 42.6 Å². The quantitative estimate of drug-likeness (QED) is 0.879. The van der Waals surface area contributed by atoms with Gasteiger partial charge in [-0.05, 0) is 48.9 Å². The summed E-state index contributed by atoms with van der Waals surface area (Å²) in [6.07, 6.45) is 3.26. The zero-order chi connectivity index (χ0) is 14.4. The lowest BCUT2D eigenvalue weighted by molar-refractivity contribution is 0.515. The van der Waals surface area contributed by atoms with Crippen LogP contribution in [0.4, 0.5) is 4.39 Å². The van der Waals surface area contributed by atoms with E-state index >= 15 is 0 Å². The van der Waals surface area contributed by atoms with Crippen LogP contribution in [0.25, 0.3) is 0 Å². The number of benzene rings is 1. The fourth-order valence-corrected chi connectivity index (χ4v) is 2.44. The van der Waals surface area contributed by atoms with E-state index in [-0.39, 0.29) is 11.9 Å². The van der Waals surface area contributed by atoms with E-state index in [2.05, 4.69) is 17.2 Å². The predicted octanol–water partition coefficient (Wildman–Crippen LogP) is 3.64. The van der Waals surface area contributed by atoms with Crippen LogP contribution in [0.2, 0.25) is 5.02 Å². The summed E-state index contributed by atoms with van der Waals surface area (Å²) in [4.78, 5) is 4.34. The Morgan fingerprint density at radius 2 is 2.10 bits per heavy atom. The minimum absolute atomic E-state index is 0.189. The van der Waals surface area contributed by atoms with Crippen molar-refractivity contribution in [1.29, 1.82) is 0 Å². The van der Waals surface area contributed by atoms with Crippen molar-refractivity contribution in [3.63, 3.8) is 0 Å². The fraction of sp³-hybridized carbons (Fsp3) is 0.312. The highest BCUT2D eigenvalue weighted by atomic mass is 35.5. The maximum Gasteiger partial charge on any atom is 0.123 e. The highest BCUT2D eigenvalue weighted by molar-refractivity contribution is 6.31. The van der Waals surface area contributed by atoms with Crippen LogP contribution < -0.4 is 5.32 Å². The van der Waals surface area contributed by atoms with Crippen molar-refractivity contribution in [1.82, 2.24) is 10.3 Å². The van der Waals surface area contributed by atoms with Gasteiger partial charge in [0.2, 0.25) is 0 Å². The summed E-state index contributed by atoms with van der Waals surface area (Å²) >= 11 is 6.13. The molecule has 0 radical (unpaired) electrons. The van der Waals surface area contributed by atoms with Crippen molar-refractivity contribution in [2.24, 2.45) is 0 Å². The summed E-state index contributed by atoms with van der Waals surface area (Å²) in [5, 5.41) is 4.01. The van der Waals surface area contributed by atoms with E-state index in [0.29, 0.717) is 11.4 Å². The van der Waals surface area contributed by atoms with Gasteiger partial charge in [0.1, 0.15) is 5.82 Å². The number of likely N-dealkylation sites (N-methyl/N-ethyl adjacent to an activating group) is 1. The van der Waals surface area contributed by atoms with Gasteiger partial charge in [-0.2, -0.15) is 0 Å². The Labute approximate surface area is 124 Å². The van der Waals surface area contributed by atoms with Crippen molar-refractivity contribution < 1.29 is 4.39 Å². The van der Waals surface area contributed by atoms with Crippen molar-refractivity contribution in [2.45, 2.75) is 25.8 Å². The van der Waals surface area contributed by atoms with Crippen molar-refractivity contribution >= 4 is 11.6 Å². The number of rotatable bonds is 6. The fourth-order valence-electron chi connectivity index (χ4n) is 2.24. The van der Waals surface area contributed by atoms with Gasteiger partial charge in [-0.1, -0.05) is 24.6 Å². The lowest BCUT2D eigenvalue weighted by Gasteiger charge is -2.18. The van der Waals surface area contributed by atoms with Crippen molar-refractivity contribution in [3.05, 3.63) is 64.7 Å². The van der Waals surface area contributed by atoms with E-state index in [4.69, 9.17) is 11.6 Å². The lowest BCUT2D eigenvalue weighted by Crippen LogP contribution is -2.33. The molecule has 0 aliphatic carbocycles. The predicted molar refractivity (Wildman–Crippen MR) is 80.5 cm³/mol. The highest BCUT2D eigenvalue weighted by Crippen LogP contribution is 2.19. The summed E-state index contributed by atoms with van der Waals surface area (Å²) in [5.74, 6) is -0.252. The summed E-state index contributed by atoms with van der Waals surface area (Å²) in [6, 6.07) is 10.6. The topological polar surface area (TPSA) is 24.9 Å². The van der Waals surface area contributed by atoms with Gasteiger partial charge >= 0.3 is 0 Å². The Bertz CT molecular complexity index is 545. The monoisotopic (exact) mass is 292 g/mol. The Morgan fingerprint density at radius 3 is 2.80 bits per heavy atom. The number of nitrogens with zero attached hydrogens (tertiary/aromatic N) is 1. The molecule has 20 heavy (non-hydrogen) atoms. The van der Waals surface area contributed by atoms with Gasteiger partial charge in [-0.25, -0.2) is 4.39 Å². The molecule has 1 heterocycles. The van der Waals surface area contributed by atoms with Crippen LogP contribution in [0.1, 0.15) is 18.2 Å². The maximum absolute atomic E-state index is 13.3. The zero-order valence-corrected chi connectivity index (χ0v) is 12.2. The third-order valence-corrected chi connectivity index (χ3v) is 3.52. The minimum Gasteiger partial charge on any atom is -0.314 e. The second-order valence-electron chi connectivity index (χ2n) is 4.72. The Hall–Kier alpha value is -1.45. The first-order chi connectivity index (χ1) is 9.69. The molecule has 0 saturated heterocycles. The summed E-state index contributed by atoms with van der Waals surface area (Å²) < 4.78 is 13.3. The van der Waals surface area contributed by atoms with E-state index in [1.165, 1.54) is 12.1 Å². The summed E-state index contributed by atoms with van der Waals surface area (Å²) in [5.41, 5.74) is 1.85. The highest BCUT2D eigenvalue weighted by Gasteiger charge is 2.13. The Morgan fingerprint density at radius 1 is 1.25 bits per heavy atom. The average Bonchev–Trinajstić information content (AvgIpc) is 2.44. The average molecular weight is 293 g/mol. The summed E-state index contributed by atoms with van der Waals surface area (Å²) in [6.45, 7) is 2.91. The van der Waals surface area contributed by atoms with E-state index in [1.807, 2.05) is 18.2 Å². The second kappa shape index (κ2) is 7.36. The maximum atomic E-state index is 13.3. The first-order valence-corrected chi connectivity index (χ1v) is 7.14. The zero-order valence-electron chi connectivity index (χ0n) is 11.4. The third-order valence-electron chi connectivity index (χ3n) is 3.15. The first-order valence-electron chi connectivity index (χ1n) is 6.76. The molecule has 1 atom stereocenters. The summed E-state index contributed by atoms with van der Waals surface area (Å²) in [7, 11) is 0. The van der Waals surface area contributed by atoms with Crippen LogP contribution in [0.3, 0.4) is 0 Å². The lowest BCUT2D eigenvalue weighted by atomic mass is 10.0. The molecule has 0 spiro atoms. The molecule has 1 aromatic carbocycles. The van der Waals surface area contributed by atoms with Gasteiger partial charge in [0, 0.05) is 29.4 Å². The standard InChI is InChI=1S/C16H18ClFN2/c1-2-19-15(11-14-5-3-4-8-20-14)10-12-9-13(18)6-7-16(12)17/h3-9,15,19H,2,10-11H2,1H3. The molecule has 0 fully saturated rings. The number of nitrogens with one attached hydrogen (secondary N) is 1. The van der Waals surface area contributed by atoms with Gasteiger partial charge < -0.3 is 5.32 Å². The second-order valence-corrected chi connectivity index (χ2v) is 5.13. The molecule has 1 unspecified atom stereocenters. The normalized spacial score (nSPS) is 12.3. The number of aromatic nitrogens is 1. The molecule has 0 aliphatic heterocycles. The molecule has 0 bridgehead atoms. The van der Waals surface area contributed by atoms with Gasteiger partial charge in [0.15, 0.2) is 0 Å². The van der Waals surface area contributed by atoms with Crippen LogP contribution in [0.5, 0.6) is 0 Å². The van der Waals surface area contributed by atoms with Crippen LogP contribution in [0, 0.1) is 5.82 Å². The Kier molecular flexibility index (Phi) is 5.50. The van der Waals surface area contributed by atoms with Gasteiger partial charge in [0.05, 0.1) is 0 Å². The SMILES string of the molecule is CCNC(Cc1ccccn1)Cc1cc(F)ccc1Cl. The number of halogens is 2. The molecular weight excluding hydrogens is 275 g/mol. The van der Waals surface area contributed by atoms with Gasteiger partial charge in [-0.3, -0.25) is 4.98 Å². The van der Waals surface area contributed by atoms with Crippen molar-refractivity contribution in [2.75, 3.05) is 6.54 Å². The smallest absolute Gasteiger partial charge is 0.123 e. The van der Waals surface area contributed by atoms with Gasteiger partial charge in [0.25, 0.3) is 0 Å². The third kappa shape index (κ3) is 4.29. The molecule has 1 aromatic heterocycles. The molecule has 0 aliphatic rings. The van der Waals surface area contributed by atoms with Crippen molar-refractivity contribution in [3.8, 4) is 0 Å².